The molecule has 6 heteroatoms. The maximum absolute atomic E-state index is 12.3. The number of carbonyl (C=O) groups excluding carboxylic acids is 1. The zero-order chi connectivity index (χ0) is 17.8. The molecule has 27 heavy (non-hydrogen) atoms. The Labute approximate surface area is 172 Å². The Morgan fingerprint density at radius 1 is 1.30 bits per heavy atom. The molecule has 0 fully saturated rings. The first-order valence-electron chi connectivity index (χ1n) is 8.97. The molecule has 0 spiro atoms. The maximum Gasteiger partial charge on any atom is 0.337 e. The average molecular weight is 532 g/mol. The average Bonchev–Trinajstić information content (AvgIpc) is 3.06. The first-order valence-corrected chi connectivity index (χ1v) is 8.97. The fourth-order valence-corrected chi connectivity index (χ4v) is 4.49. The minimum Gasteiger partial charge on any atom is -0.497 e. The number of rotatable bonds is 1. The monoisotopic (exact) mass is 532 g/mol. The summed E-state index contributed by atoms with van der Waals surface area (Å²) in [5.41, 5.74) is 5.05. The number of esters is 1. The largest absolute Gasteiger partial charge is 0.497 e. The van der Waals surface area contributed by atoms with Gasteiger partial charge in [-0.1, -0.05) is 18.2 Å². The van der Waals surface area contributed by atoms with Crippen LogP contribution in [0.25, 0.3) is 22.2 Å². The van der Waals surface area contributed by atoms with E-state index >= 15 is 0 Å². The summed E-state index contributed by atoms with van der Waals surface area (Å²) in [6.07, 6.45) is 4.57. The molecule has 5 nitrogen and oxygen atoms in total. The number of carbonyl (C=O) groups is 1. The van der Waals surface area contributed by atoms with E-state index in [4.69, 9.17) is 14.5 Å². The molecule has 0 unspecified atom stereocenters. The van der Waals surface area contributed by atoms with E-state index in [0.717, 1.165) is 24.2 Å². The van der Waals surface area contributed by atoms with Crippen molar-refractivity contribution in [3.63, 3.8) is 0 Å². The molecule has 0 bridgehead atoms. The van der Waals surface area contributed by atoms with Crippen LogP contribution in [0, 0.1) is 11.8 Å². The van der Waals surface area contributed by atoms with E-state index in [2.05, 4.69) is 29.8 Å². The second kappa shape index (κ2) is 6.79. The summed E-state index contributed by atoms with van der Waals surface area (Å²) in [7, 11) is 1.42. The molecular weight excluding hydrogens is 512 g/mol. The third kappa shape index (κ3) is 2.71. The summed E-state index contributed by atoms with van der Waals surface area (Å²) in [6, 6.07) is 10.4. The van der Waals surface area contributed by atoms with Crippen LogP contribution in [-0.4, -0.2) is 28.7 Å². The second-order valence-corrected chi connectivity index (χ2v) is 7.19. The maximum atomic E-state index is 12.3. The van der Waals surface area contributed by atoms with Gasteiger partial charge in [0.25, 0.3) is 0 Å². The van der Waals surface area contributed by atoms with Crippen LogP contribution < -0.4 is 0 Å². The smallest absolute Gasteiger partial charge is 0.337 e. The third-order valence-corrected chi connectivity index (χ3v) is 5.89. The van der Waals surface area contributed by atoms with Gasteiger partial charge in [0.15, 0.2) is 0 Å². The number of benzene rings is 1. The van der Waals surface area contributed by atoms with Crippen molar-refractivity contribution in [3.05, 3.63) is 54.1 Å². The number of para-hydroxylation sites is 1. The van der Waals surface area contributed by atoms with Gasteiger partial charge in [-0.25, -0.2) is 9.78 Å². The number of aromatic nitrogens is 2. The molecule has 0 radical (unpaired) electrons. The van der Waals surface area contributed by atoms with E-state index < -0.39 is 0 Å². The third-order valence-electron chi connectivity index (χ3n) is 5.89. The normalized spacial score (nSPS) is 23.6. The molecule has 4 aliphatic rings. The van der Waals surface area contributed by atoms with Gasteiger partial charge in [-0.15, -0.1) is 0 Å². The van der Waals surface area contributed by atoms with Crippen LogP contribution in [0.2, 0.25) is 0 Å². The van der Waals surface area contributed by atoms with Gasteiger partial charge in [-0.2, -0.15) is 0 Å². The summed E-state index contributed by atoms with van der Waals surface area (Å²) >= 11 is 0. The van der Waals surface area contributed by atoms with Crippen molar-refractivity contribution in [1.29, 1.82) is 0 Å². The van der Waals surface area contributed by atoms with Crippen LogP contribution in [0.3, 0.4) is 0 Å². The van der Waals surface area contributed by atoms with Crippen LogP contribution in [0.1, 0.15) is 12.6 Å². The molecule has 1 aromatic carbocycles. The van der Waals surface area contributed by atoms with Crippen LogP contribution in [0.4, 0.5) is 0 Å². The molecule has 4 aliphatic heterocycles. The van der Waals surface area contributed by atoms with Crippen LogP contribution in [0.5, 0.6) is 0 Å². The number of pyridine rings is 1. The molecule has 0 aliphatic carbocycles. The van der Waals surface area contributed by atoms with Crippen molar-refractivity contribution in [2.45, 2.75) is 26.0 Å². The summed E-state index contributed by atoms with van der Waals surface area (Å²) < 4.78 is 13.0. The van der Waals surface area contributed by atoms with Gasteiger partial charge in [0, 0.05) is 62.3 Å². The van der Waals surface area contributed by atoms with Gasteiger partial charge in [-0.05, 0) is 25.5 Å². The van der Waals surface area contributed by atoms with Gasteiger partial charge in [-0.3, -0.25) is 0 Å². The van der Waals surface area contributed by atoms with E-state index in [1.807, 2.05) is 18.2 Å². The van der Waals surface area contributed by atoms with Crippen molar-refractivity contribution >= 4 is 16.9 Å². The Morgan fingerprint density at radius 2 is 2.11 bits per heavy atom. The fraction of sp³-hybridized carbons (Fsp3) is 0.333. The SMILES string of the molecule is COC(=O)C1=CO[C@@H](C)[C@H]2Cn3ccc4c5ccccc5nc-4c3C[C@H]12.[W]. The van der Waals surface area contributed by atoms with Gasteiger partial charge in [0.2, 0.25) is 0 Å². The Balaban J connectivity index is 0.00000180. The second-order valence-electron chi connectivity index (χ2n) is 7.19. The molecule has 138 valence electrons. The quantitative estimate of drug-likeness (QED) is 0.452. The van der Waals surface area contributed by atoms with E-state index in [1.165, 1.54) is 23.8 Å². The molecule has 1 aromatic rings. The van der Waals surface area contributed by atoms with Gasteiger partial charge < -0.3 is 14.0 Å². The number of methoxy groups -OCH3 is 1. The van der Waals surface area contributed by atoms with Crippen molar-refractivity contribution < 1.29 is 35.3 Å². The number of hydrogen-bond donors (Lipinski definition) is 0. The van der Waals surface area contributed by atoms with Crippen LogP contribution in [0.15, 0.2) is 48.4 Å². The Bertz CT molecular complexity index is 1030. The summed E-state index contributed by atoms with van der Waals surface area (Å²) in [5.74, 6) is 0.0400. The number of fused-ring (bicyclic) bond motifs is 6. The molecule has 3 atom stereocenters. The number of hydrogen-bond acceptors (Lipinski definition) is 4. The molecule has 5 rings (SSSR count). The summed E-state index contributed by atoms with van der Waals surface area (Å²) in [4.78, 5) is 17.1. The van der Waals surface area contributed by atoms with Crippen LogP contribution >= 0.6 is 0 Å². The predicted octanol–water partition coefficient (Wildman–Crippen LogP) is 3.40. The standard InChI is InChI=1S/C21H20N2O3.W/c1-12-16-10-23-8-7-14-13-5-3-4-6-18(13)22-20(14)19(23)9-15(16)17(11-26-12)21(24)25-2;/h3-8,11-12,15-16H,9-10H2,1-2H3;/t12-,15-,16+;/m0./s1. The minimum atomic E-state index is -0.298. The van der Waals surface area contributed by atoms with E-state index in [-0.39, 0.29) is 45.0 Å². The first kappa shape index (κ1) is 18.2. The van der Waals surface area contributed by atoms with Crippen molar-refractivity contribution in [3.8, 4) is 11.3 Å². The Morgan fingerprint density at radius 3 is 2.93 bits per heavy atom. The Kier molecular flexibility index (Phi) is 4.59. The number of nitrogens with zero attached hydrogens (tertiary/aromatic N) is 2. The zero-order valence-electron chi connectivity index (χ0n) is 15.2. The topological polar surface area (TPSA) is 53.4 Å². The minimum absolute atomic E-state index is 0. The van der Waals surface area contributed by atoms with Crippen molar-refractivity contribution in [2.75, 3.05) is 7.11 Å². The van der Waals surface area contributed by atoms with E-state index in [1.54, 1.807) is 6.26 Å². The molecule has 4 heterocycles. The molecule has 0 saturated heterocycles. The summed E-state index contributed by atoms with van der Waals surface area (Å²) in [5, 5.41) is 1.18. The molecule has 0 amide bonds. The van der Waals surface area contributed by atoms with Gasteiger partial charge in [0.05, 0.1) is 30.2 Å². The van der Waals surface area contributed by atoms with E-state index in [0.29, 0.717) is 5.57 Å². The number of ether oxygens (including phenoxy) is 2. The fourth-order valence-electron chi connectivity index (χ4n) is 4.49. The van der Waals surface area contributed by atoms with Gasteiger partial charge >= 0.3 is 5.97 Å². The summed E-state index contributed by atoms with van der Waals surface area (Å²) in [6.45, 7) is 2.88. The van der Waals surface area contributed by atoms with Gasteiger partial charge in [0.1, 0.15) is 6.10 Å². The van der Waals surface area contributed by atoms with Crippen molar-refractivity contribution in [2.24, 2.45) is 11.8 Å². The molecule has 0 N–H and O–H groups in total. The molecule has 0 saturated carbocycles. The van der Waals surface area contributed by atoms with Crippen molar-refractivity contribution in [1.82, 2.24) is 9.55 Å². The van der Waals surface area contributed by atoms with Crippen LogP contribution in [-0.2, 0) is 48.3 Å². The zero-order valence-corrected chi connectivity index (χ0v) is 18.1. The van der Waals surface area contributed by atoms with E-state index in [9.17, 15) is 4.79 Å². The first-order chi connectivity index (χ1) is 12.7. The Hall–Kier alpha value is -2.13. The molecule has 0 aromatic heterocycles. The predicted molar refractivity (Wildman–Crippen MR) is 97.7 cm³/mol. The molecular formula is C21H20N2O3W.